The van der Waals surface area contributed by atoms with Crippen LogP contribution in [-0.4, -0.2) is 5.91 Å². The molecule has 2 aromatic rings. The molecule has 2 unspecified atom stereocenters. The molecule has 2 N–H and O–H groups in total. The zero-order valence-electron chi connectivity index (χ0n) is 13.3. The molecule has 1 aliphatic carbocycles. The predicted octanol–water partition coefficient (Wildman–Crippen LogP) is 5.42. The Bertz CT molecular complexity index is 797. The van der Waals surface area contributed by atoms with Crippen LogP contribution >= 0.6 is 34.5 Å². The van der Waals surface area contributed by atoms with Gasteiger partial charge in [0.15, 0.2) is 0 Å². The van der Waals surface area contributed by atoms with E-state index in [-0.39, 0.29) is 5.91 Å². The van der Waals surface area contributed by atoms with Crippen LogP contribution in [0.15, 0.2) is 18.2 Å². The number of carbonyl (C=O) groups is 1. The lowest BCUT2D eigenvalue weighted by molar-refractivity contribution is 0.0935. The maximum absolute atomic E-state index is 12.7. The Morgan fingerprint density at radius 1 is 1.25 bits per heavy atom. The molecule has 0 bridgehead atoms. The summed E-state index contributed by atoms with van der Waals surface area (Å²) in [7, 11) is 0. The Balaban J connectivity index is 1.71. The molecule has 0 saturated heterocycles. The van der Waals surface area contributed by atoms with Crippen molar-refractivity contribution in [1.82, 2.24) is 5.32 Å². The van der Waals surface area contributed by atoms with Gasteiger partial charge in [-0.2, -0.15) is 0 Å². The highest BCUT2D eigenvalue weighted by atomic mass is 35.5. The molecule has 24 heavy (non-hydrogen) atoms. The Hall–Kier alpha value is -1.23. The smallest absolute Gasteiger partial charge is 0.256 e. The number of rotatable bonds is 2. The number of amides is 1. The zero-order chi connectivity index (χ0) is 16.8. The van der Waals surface area contributed by atoms with E-state index in [1.807, 2.05) is 0 Å². The van der Waals surface area contributed by atoms with Crippen molar-refractivity contribution in [3.05, 3.63) is 49.8 Å². The van der Waals surface area contributed by atoms with E-state index in [0.717, 1.165) is 34.9 Å². The second kappa shape index (κ2) is 6.25. The van der Waals surface area contributed by atoms with E-state index in [1.165, 1.54) is 23.3 Å². The quantitative estimate of drug-likeness (QED) is 0.729. The SMILES string of the molecule is CCC1CCc2c(sc3c2C(=O)NC(c2c(Cl)cccc2Cl)N3)C1. The molecular formula is C18H18Cl2N2OS. The van der Waals surface area contributed by atoms with Crippen LogP contribution in [0.4, 0.5) is 5.00 Å². The number of hydrogen-bond acceptors (Lipinski definition) is 3. The Labute approximate surface area is 155 Å². The van der Waals surface area contributed by atoms with Gasteiger partial charge in [0.25, 0.3) is 5.91 Å². The molecule has 1 aromatic carbocycles. The number of fused-ring (bicyclic) bond motifs is 3. The zero-order valence-corrected chi connectivity index (χ0v) is 15.6. The van der Waals surface area contributed by atoms with Gasteiger partial charge >= 0.3 is 0 Å². The van der Waals surface area contributed by atoms with Gasteiger partial charge in [0.05, 0.1) is 5.56 Å². The first-order valence-electron chi connectivity index (χ1n) is 8.24. The van der Waals surface area contributed by atoms with Gasteiger partial charge < -0.3 is 10.6 Å². The number of nitrogens with one attached hydrogen (secondary N) is 2. The summed E-state index contributed by atoms with van der Waals surface area (Å²) in [6.07, 6.45) is 4.04. The van der Waals surface area contributed by atoms with Crippen LogP contribution in [0.5, 0.6) is 0 Å². The lowest BCUT2D eigenvalue weighted by Crippen LogP contribution is -2.38. The highest BCUT2D eigenvalue weighted by Gasteiger charge is 2.34. The summed E-state index contributed by atoms with van der Waals surface area (Å²) in [5, 5.41) is 8.50. The van der Waals surface area contributed by atoms with Crippen LogP contribution in [0.25, 0.3) is 0 Å². The summed E-state index contributed by atoms with van der Waals surface area (Å²) in [6, 6.07) is 5.38. The van der Waals surface area contributed by atoms with Gasteiger partial charge in [-0.25, -0.2) is 0 Å². The second-order valence-electron chi connectivity index (χ2n) is 6.41. The molecule has 1 amide bonds. The van der Waals surface area contributed by atoms with Crippen molar-refractivity contribution in [3.8, 4) is 0 Å². The van der Waals surface area contributed by atoms with Crippen molar-refractivity contribution in [2.75, 3.05) is 5.32 Å². The van der Waals surface area contributed by atoms with Gasteiger partial charge in [0.1, 0.15) is 11.2 Å². The van der Waals surface area contributed by atoms with Crippen molar-refractivity contribution >= 4 is 45.4 Å². The fourth-order valence-corrected chi connectivity index (χ4v) is 5.65. The normalized spacial score (nSPS) is 22.4. The van der Waals surface area contributed by atoms with Crippen molar-refractivity contribution in [2.24, 2.45) is 5.92 Å². The van der Waals surface area contributed by atoms with E-state index in [9.17, 15) is 4.79 Å². The third-order valence-corrected chi connectivity index (χ3v) is 6.86. The largest absolute Gasteiger partial charge is 0.353 e. The predicted molar refractivity (Wildman–Crippen MR) is 100 cm³/mol. The maximum atomic E-state index is 12.7. The molecule has 126 valence electrons. The van der Waals surface area contributed by atoms with Gasteiger partial charge in [0, 0.05) is 20.5 Å². The lowest BCUT2D eigenvalue weighted by atomic mass is 9.85. The molecule has 1 aliphatic heterocycles. The molecule has 0 spiro atoms. The summed E-state index contributed by atoms with van der Waals surface area (Å²) in [5.74, 6) is 0.701. The highest BCUT2D eigenvalue weighted by Crippen LogP contribution is 2.44. The number of anilines is 1. The third-order valence-electron chi connectivity index (χ3n) is 5.01. The molecule has 0 saturated carbocycles. The molecule has 1 aromatic heterocycles. The van der Waals surface area contributed by atoms with Crippen molar-refractivity contribution in [3.63, 3.8) is 0 Å². The second-order valence-corrected chi connectivity index (χ2v) is 8.33. The molecule has 4 rings (SSSR count). The van der Waals surface area contributed by atoms with Gasteiger partial charge in [-0.1, -0.05) is 42.6 Å². The number of halogens is 2. The van der Waals surface area contributed by atoms with Gasteiger partial charge in [-0.05, 0) is 42.9 Å². The van der Waals surface area contributed by atoms with Crippen molar-refractivity contribution in [1.29, 1.82) is 0 Å². The van der Waals surface area contributed by atoms with Crippen LogP contribution < -0.4 is 10.6 Å². The molecule has 0 radical (unpaired) electrons. The number of benzene rings is 1. The molecule has 2 heterocycles. The van der Waals surface area contributed by atoms with E-state index in [2.05, 4.69) is 17.6 Å². The Morgan fingerprint density at radius 2 is 2.00 bits per heavy atom. The monoisotopic (exact) mass is 380 g/mol. The third kappa shape index (κ3) is 2.61. The molecule has 0 fully saturated rings. The Morgan fingerprint density at radius 3 is 2.71 bits per heavy atom. The van der Waals surface area contributed by atoms with E-state index >= 15 is 0 Å². The van der Waals surface area contributed by atoms with Crippen LogP contribution in [0.3, 0.4) is 0 Å². The summed E-state index contributed by atoms with van der Waals surface area (Å²) < 4.78 is 0. The molecule has 6 heteroatoms. The summed E-state index contributed by atoms with van der Waals surface area (Å²) in [4.78, 5) is 14.1. The summed E-state index contributed by atoms with van der Waals surface area (Å²) in [5.41, 5.74) is 2.77. The molecular weight excluding hydrogens is 363 g/mol. The number of thiophene rings is 1. The minimum atomic E-state index is -0.395. The maximum Gasteiger partial charge on any atom is 0.256 e. The van der Waals surface area contributed by atoms with Crippen molar-refractivity contribution < 1.29 is 4.79 Å². The topological polar surface area (TPSA) is 41.1 Å². The molecule has 2 aliphatic rings. The first-order valence-corrected chi connectivity index (χ1v) is 9.81. The van der Waals surface area contributed by atoms with E-state index < -0.39 is 6.17 Å². The van der Waals surface area contributed by atoms with Crippen LogP contribution in [0.2, 0.25) is 10.0 Å². The van der Waals surface area contributed by atoms with E-state index in [4.69, 9.17) is 23.2 Å². The van der Waals surface area contributed by atoms with E-state index in [1.54, 1.807) is 29.5 Å². The highest BCUT2D eigenvalue weighted by molar-refractivity contribution is 7.16. The Kier molecular flexibility index (Phi) is 4.23. The minimum absolute atomic E-state index is 0.0304. The summed E-state index contributed by atoms with van der Waals surface area (Å²) >= 11 is 14.3. The summed E-state index contributed by atoms with van der Waals surface area (Å²) in [6.45, 7) is 2.24. The van der Waals surface area contributed by atoms with E-state index in [0.29, 0.717) is 10.0 Å². The molecule has 2 atom stereocenters. The van der Waals surface area contributed by atoms with Gasteiger partial charge in [0.2, 0.25) is 0 Å². The van der Waals surface area contributed by atoms with Gasteiger partial charge in [-0.15, -0.1) is 11.3 Å². The van der Waals surface area contributed by atoms with Crippen LogP contribution in [0, 0.1) is 5.92 Å². The van der Waals surface area contributed by atoms with Gasteiger partial charge in [-0.3, -0.25) is 4.79 Å². The number of carbonyl (C=O) groups excluding carboxylic acids is 1. The lowest BCUT2D eigenvalue weighted by Gasteiger charge is -2.28. The number of hydrogen-bond donors (Lipinski definition) is 2. The fraction of sp³-hybridized carbons (Fsp3) is 0.389. The average molecular weight is 381 g/mol. The van der Waals surface area contributed by atoms with Crippen LogP contribution in [-0.2, 0) is 12.8 Å². The van der Waals surface area contributed by atoms with Crippen molar-refractivity contribution in [2.45, 2.75) is 38.8 Å². The first kappa shape index (κ1) is 16.2. The van der Waals surface area contributed by atoms with Crippen LogP contribution in [0.1, 0.15) is 52.3 Å². The fourth-order valence-electron chi connectivity index (χ4n) is 3.65. The first-order chi connectivity index (χ1) is 11.6. The average Bonchev–Trinajstić information content (AvgIpc) is 2.92. The minimum Gasteiger partial charge on any atom is -0.353 e. The standard InChI is InChI=1S/C18H18Cl2N2OS/c1-2-9-6-7-10-13(8-9)24-18-14(10)17(23)21-16(22-18)15-11(19)4-3-5-12(15)20/h3-5,9,16,22H,2,6-8H2,1H3,(H,21,23). The molecule has 3 nitrogen and oxygen atoms in total.